The van der Waals surface area contributed by atoms with E-state index in [-0.39, 0.29) is 11.5 Å². The Morgan fingerprint density at radius 1 is 1.26 bits per heavy atom. The summed E-state index contributed by atoms with van der Waals surface area (Å²) >= 11 is 0. The molecule has 1 atom stereocenters. The molecule has 2 N–H and O–H groups in total. The summed E-state index contributed by atoms with van der Waals surface area (Å²) in [5.41, 5.74) is 5.42. The molecule has 0 aromatic carbocycles. The van der Waals surface area contributed by atoms with Gasteiger partial charge in [0, 0.05) is 13.0 Å². The van der Waals surface area contributed by atoms with Crippen LogP contribution in [0.3, 0.4) is 0 Å². The van der Waals surface area contributed by atoms with Gasteiger partial charge < -0.3 is 15.0 Å². The summed E-state index contributed by atoms with van der Waals surface area (Å²) in [6.45, 7) is 9.71. The van der Waals surface area contributed by atoms with E-state index in [4.69, 9.17) is 15.0 Å². The monoisotopic (exact) mass is 269 g/mol. The van der Waals surface area contributed by atoms with Crippen LogP contribution >= 0.6 is 0 Å². The van der Waals surface area contributed by atoms with Crippen LogP contribution in [0, 0.1) is 5.41 Å². The fraction of sp³-hybridized carbons (Fsp3) is 0.857. The maximum Gasteiger partial charge on any atom is 0.226 e. The molecule has 0 bridgehead atoms. The lowest BCUT2D eigenvalue weighted by molar-refractivity contribution is -0.0203. The number of hydrogen-bond donors (Lipinski definition) is 1. The highest BCUT2D eigenvalue weighted by Gasteiger charge is 2.31. The van der Waals surface area contributed by atoms with Gasteiger partial charge >= 0.3 is 0 Å². The van der Waals surface area contributed by atoms with Gasteiger partial charge in [0.2, 0.25) is 11.7 Å². The molecule has 0 saturated heterocycles. The van der Waals surface area contributed by atoms with Crippen LogP contribution in [0.15, 0.2) is 4.52 Å². The molecule has 5 nitrogen and oxygen atoms in total. The Balaban J connectivity index is 2.60. The molecule has 0 saturated carbocycles. The first-order valence-corrected chi connectivity index (χ1v) is 7.13. The van der Waals surface area contributed by atoms with Crippen LogP contribution in [0.2, 0.25) is 0 Å². The lowest BCUT2D eigenvalue weighted by Gasteiger charge is -2.27. The van der Waals surface area contributed by atoms with E-state index >= 15 is 0 Å². The smallest absolute Gasteiger partial charge is 0.226 e. The summed E-state index contributed by atoms with van der Waals surface area (Å²) in [6, 6.07) is 0. The van der Waals surface area contributed by atoms with Crippen LogP contribution in [-0.2, 0) is 11.2 Å². The van der Waals surface area contributed by atoms with Crippen LogP contribution in [0.5, 0.6) is 0 Å². The van der Waals surface area contributed by atoms with E-state index in [2.05, 4.69) is 30.9 Å². The molecule has 0 fully saturated rings. The number of rotatable bonds is 8. The molecular weight excluding hydrogens is 242 g/mol. The third-order valence-corrected chi connectivity index (χ3v) is 2.93. The number of aromatic nitrogens is 2. The summed E-state index contributed by atoms with van der Waals surface area (Å²) in [5.74, 6) is 1.35. The molecular formula is C14H27N3O2. The second kappa shape index (κ2) is 7.60. The van der Waals surface area contributed by atoms with Gasteiger partial charge in [0.1, 0.15) is 6.10 Å². The van der Waals surface area contributed by atoms with Crippen molar-refractivity contribution in [3.8, 4) is 0 Å². The van der Waals surface area contributed by atoms with Gasteiger partial charge in [-0.1, -0.05) is 32.3 Å². The standard InChI is InChI=1S/C14H27N3O2/c1-5-18-12(14(2,3)4)13-16-11(19-17-13)9-7-6-8-10-15/h12H,5-10,15H2,1-4H3. The highest BCUT2D eigenvalue weighted by Crippen LogP contribution is 2.34. The van der Waals surface area contributed by atoms with E-state index in [1.54, 1.807) is 0 Å². The third-order valence-electron chi connectivity index (χ3n) is 2.93. The van der Waals surface area contributed by atoms with Crippen molar-refractivity contribution in [1.29, 1.82) is 0 Å². The zero-order valence-corrected chi connectivity index (χ0v) is 12.6. The normalized spacial score (nSPS) is 13.7. The fourth-order valence-corrected chi connectivity index (χ4v) is 1.95. The van der Waals surface area contributed by atoms with Crippen molar-refractivity contribution in [1.82, 2.24) is 10.1 Å². The average molecular weight is 269 g/mol. The molecule has 1 heterocycles. The molecule has 110 valence electrons. The van der Waals surface area contributed by atoms with Gasteiger partial charge in [-0.25, -0.2) is 0 Å². The number of nitrogens with zero attached hydrogens (tertiary/aromatic N) is 2. The van der Waals surface area contributed by atoms with Crippen molar-refractivity contribution in [3.05, 3.63) is 11.7 Å². The molecule has 0 amide bonds. The van der Waals surface area contributed by atoms with Gasteiger partial charge in [0.25, 0.3) is 0 Å². The third kappa shape index (κ3) is 5.28. The van der Waals surface area contributed by atoms with Crippen LogP contribution in [-0.4, -0.2) is 23.3 Å². The predicted molar refractivity (Wildman–Crippen MR) is 74.7 cm³/mol. The Kier molecular flexibility index (Phi) is 6.45. The Morgan fingerprint density at radius 2 is 2.00 bits per heavy atom. The van der Waals surface area contributed by atoms with E-state index in [0.29, 0.717) is 18.3 Å². The van der Waals surface area contributed by atoms with Gasteiger partial charge in [-0.05, 0) is 31.7 Å². The van der Waals surface area contributed by atoms with E-state index in [0.717, 1.165) is 32.2 Å². The van der Waals surface area contributed by atoms with Crippen molar-refractivity contribution in [2.24, 2.45) is 11.1 Å². The maximum absolute atomic E-state index is 5.75. The molecule has 1 aromatic rings. The van der Waals surface area contributed by atoms with Crippen molar-refractivity contribution >= 4 is 0 Å². The summed E-state index contributed by atoms with van der Waals surface area (Å²) in [6.07, 6.45) is 3.87. The molecule has 0 spiro atoms. The largest absolute Gasteiger partial charge is 0.370 e. The number of hydrogen-bond acceptors (Lipinski definition) is 5. The first-order chi connectivity index (χ1) is 8.99. The van der Waals surface area contributed by atoms with Crippen LogP contribution in [0.25, 0.3) is 0 Å². The minimum absolute atomic E-state index is 0.0449. The molecule has 1 rings (SSSR count). The number of nitrogens with two attached hydrogens (primary N) is 1. The van der Waals surface area contributed by atoms with Gasteiger partial charge in [0.15, 0.2) is 0 Å². The van der Waals surface area contributed by atoms with Gasteiger partial charge in [-0.2, -0.15) is 4.98 Å². The Hall–Kier alpha value is -0.940. The van der Waals surface area contributed by atoms with Crippen molar-refractivity contribution in [3.63, 3.8) is 0 Å². The minimum atomic E-state index is -0.126. The van der Waals surface area contributed by atoms with Crippen LogP contribution in [0.1, 0.15) is 64.8 Å². The molecule has 0 aliphatic rings. The Morgan fingerprint density at radius 3 is 2.58 bits per heavy atom. The predicted octanol–water partition coefficient (Wildman–Crippen LogP) is 2.86. The zero-order valence-electron chi connectivity index (χ0n) is 12.6. The zero-order chi connectivity index (χ0) is 14.3. The summed E-state index contributed by atoms with van der Waals surface area (Å²) in [4.78, 5) is 4.46. The van der Waals surface area contributed by atoms with E-state index in [9.17, 15) is 0 Å². The Bertz CT molecular complexity index is 358. The fourth-order valence-electron chi connectivity index (χ4n) is 1.95. The Labute approximate surface area is 115 Å². The lowest BCUT2D eigenvalue weighted by Crippen LogP contribution is -2.22. The second-order valence-corrected chi connectivity index (χ2v) is 5.85. The molecule has 1 aromatic heterocycles. The van der Waals surface area contributed by atoms with Crippen LogP contribution < -0.4 is 5.73 Å². The van der Waals surface area contributed by atoms with E-state index in [1.165, 1.54) is 0 Å². The van der Waals surface area contributed by atoms with Crippen molar-refractivity contribution in [2.75, 3.05) is 13.2 Å². The van der Waals surface area contributed by atoms with Gasteiger partial charge in [-0.3, -0.25) is 0 Å². The van der Waals surface area contributed by atoms with Crippen molar-refractivity contribution < 1.29 is 9.26 Å². The number of unbranched alkanes of at least 4 members (excludes halogenated alkanes) is 2. The van der Waals surface area contributed by atoms with Crippen LogP contribution in [0.4, 0.5) is 0 Å². The van der Waals surface area contributed by atoms with E-state index in [1.807, 2.05) is 6.92 Å². The molecule has 0 aliphatic heterocycles. The molecule has 0 radical (unpaired) electrons. The number of aryl methyl sites for hydroxylation is 1. The first kappa shape index (κ1) is 16.1. The molecule has 5 heteroatoms. The number of ether oxygens (including phenoxy) is 1. The highest BCUT2D eigenvalue weighted by atomic mass is 16.5. The minimum Gasteiger partial charge on any atom is -0.370 e. The van der Waals surface area contributed by atoms with Crippen molar-refractivity contribution in [2.45, 2.75) is 59.5 Å². The van der Waals surface area contributed by atoms with Gasteiger partial charge in [-0.15, -0.1) is 0 Å². The maximum atomic E-state index is 5.75. The molecule has 1 unspecified atom stereocenters. The SMILES string of the molecule is CCOC(c1noc(CCCCCN)n1)C(C)(C)C. The first-order valence-electron chi connectivity index (χ1n) is 7.13. The highest BCUT2D eigenvalue weighted by molar-refractivity contribution is 4.96. The summed E-state index contributed by atoms with van der Waals surface area (Å²) < 4.78 is 11.0. The quantitative estimate of drug-likeness (QED) is 0.734. The average Bonchev–Trinajstić information content (AvgIpc) is 2.78. The molecule has 0 aliphatic carbocycles. The molecule has 19 heavy (non-hydrogen) atoms. The second-order valence-electron chi connectivity index (χ2n) is 5.85. The van der Waals surface area contributed by atoms with Gasteiger partial charge in [0.05, 0.1) is 0 Å². The van der Waals surface area contributed by atoms with E-state index < -0.39 is 0 Å². The summed E-state index contributed by atoms with van der Waals surface area (Å²) in [5, 5.41) is 4.06. The topological polar surface area (TPSA) is 74.2 Å². The lowest BCUT2D eigenvalue weighted by atomic mass is 9.88. The summed E-state index contributed by atoms with van der Waals surface area (Å²) in [7, 11) is 0.